The maximum Gasteiger partial charge on any atom is 0.108 e. The highest BCUT2D eigenvalue weighted by atomic mass is 16.5. The number of ether oxygens (including phenoxy) is 1. The number of aryl methyl sites for hydroxylation is 1. The quantitative estimate of drug-likeness (QED) is 0.874. The smallest absolute Gasteiger partial charge is 0.108 e. The molecule has 3 heteroatoms. The minimum atomic E-state index is 0.374. The van der Waals surface area contributed by atoms with E-state index in [2.05, 4.69) is 25.2 Å². The van der Waals surface area contributed by atoms with E-state index >= 15 is 0 Å². The third kappa shape index (κ3) is 2.47. The Balaban J connectivity index is 1.67. The molecule has 1 fully saturated rings. The topological polar surface area (TPSA) is 34.4 Å². The Hall–Kier alpha value is -0.800. The van der Waals surface area contributed by atoms with Crippen molar-refractivity contribution < 1.29 is 9.15 Å². The average Bonchev–Trinajstić information content (AvgIpc) is 2.76. The summed E-state index contributed by atoms with van der Waals surface area (Å²) in [7, 11) is 0. The number of rotatable bonds is 2. The molecular formula is C15H23NO2. The van der Waals surface area contributed by atoms with Crippen LogP contribution < -0.4 is 5.32 Å². The molecule has 1 saturated heterocycles. The van der Waals surface area contributed by atoms with Crippen molar-refractivity contribution in [3.8, 4) is 0 Å². The molecule has 1 aromatic rings. The number of furan rings is 1. The van der Waals surface area contributed by atoms with Crippen LogP contribution in [0.2, 0.25) is 0 Å². The minimum absolute atomic E-state index is 0.374. The summed E-state index contributed by atoms with van der Waals surface area (Å²) in [6.45, 7) is 4.35. The first-order valence-electron chi connectivity index (χ1n) is 7.20. The van der Waals surface area contributed by atoms with Crippen molar-refractivity contribution in [3.63, 3.8) is 0 Å². The molecule has 18 heavy (non-hydrogen) atoms. The molecule has 2 aliphatic rings. The van der Waals surface area contributed by atoms with Gasteiger partial charge in [-0.1, -0.05) is 0 Å². The first-order valence-corrected chi connectivity index (χ1v) is 7.20. The molecule has 0 spiro atoms. The zero-order valence-electron chi connectivity index (χ0n) is 11.3. The summed E-state index contributed by atoms with van der Waals surface area (Å²) in [6.07, 6.45) is 8.37. The van der Waals surface area contributed by atoms with Gasteiger partial charge in [0.05, 0.1) is 18.5 Å². The highest BCUT2D eigenvalue weighted by Crippen LogP contribution is 2.32. The van der Waals surface area contributed by atoms with Gasteiger partial charge < -0.3 is 14.5 Å². The van der Waals surface area contributed by atoms with Gasteiger partial charge in [0.15, 0.2) is 0 Å². The van der Waals surface area contributed by atoms with Gasteiger partial charge in [0.1, 0.15) is 5.76 Å². The molecule has 0 saturated carbocycles. The molecule has 1 aromatic heterocycles. The summed E-state index contributed by atoms with van der Waals surface area (Å²) in [4.78, 5) is 0. The summed E-state index contributed by atoms with van der Waals surface area (Å²) in [6, 6.07) is 3.20. The SMILES string of the molecule is CC1CC(NC2CCCc3occc32)CC(C)O1. The van der Waals surface area contributed by atoms with Gasteiger partial charge in [0.2, 0.25) is 0 Å². The molecule has 0 bridgehead atoms. The van der Waals surface area contributed by atoms with E-state index in [4.69, 9.17) is 9.15 Å². The van der Waals surface area contributed by atoms with Crippen molar-refractivity contribution in [1.29, 1.82) is 0 Å². The molecule has 3 unspecified atom stereocenters. The van der Waals surface area contributed by atoms with E-state index in [9.17, 15) is 0 Å². The van der Waals surface area contributed by atoms with Crippen molar-refractivity contribution in [3.05, 3.63) is 23.7 Å². The minimum Gasteiger partial charge on any atom is -0.469 e. The fourth-order valence-electron chi connectivity index (χ4n) is 3.49. The van der Waals surface area contributed by atoms with E-state index < -0.39 is 0 Å². The van der Waals surface area contributed by atoms with Gasteiger partial charge in [0, 0.05) is 24.1 Å². The van der Waals surface area contributed by atoms with Crippen LogP contribution in [0.25, 0.3) is 0 Å². The van der Waals surface area contributed by atoms with Gasteiger partial charge in [-0.2, -0.15) is 0 Å². The fraction of sp³-hybridized carbons (Fsp3) is 0.733. The molecule has 3 rings (SSSR count). The van der Waals surface area contributed by atoms with E-state index in [1.54, 1.807) is 0 Å². The van der Waals surface area contributed by atoms with Crippen LogP contribution in [0.3, 0.4) is 0 Å². The Morgan fingerprint density at radius 3 is 2.78 bits per heavy atom. The highest BCUT2D eigenvalue weighted by molar-refractivity contribution is 5.24. The molecule has 0 radical (unpaired) electrons. The number of nitrogens with one attached hydrogen (secondary N) is 1. The molecule has 3 atom stereocenters. The first-order chi connectivity index (χ1) is 8.72. The number of hydrogen-bond donors (Lipinski definition) is 1. The van der Waals surface area contributed by atoms with Gasteiger partial charge in [-0.25, -0.2) is 0 Å². The lowest BCUT2D eigenvalue weighted by atomic mass is 9.91. The standard InChI is InChI=1S/C15H23NO2/c1-10-8-12(9-11(2)18-10)16-14-4-3-5-15-13(14)6-7-17-15/h6-7,10-12,14,16H,3-5,8-9H2,1-2H3. The van der Waals surface area contributed by atoms with E-state index in [-0.39, 0.29) is 0 Å². The molecule has 1 aliphatic carbocycles. The molecule has 1 N–H and O–H groups in total. The van der Waals surface area contributed by atoms with Gasteiger partial charge in [-0.3, -0.25) is 0 Å². The number of fused-ring (bicyclic) bond motifs is 1. The third-order valence-electron chi connectivity index (χ3n) is 4.19. The summed E-state index contributed by atoms with van der Waals surface area (Å²) in [5.74, 6) is 1.19. The molecule has 1 aliphatic heterocycles. The van der Waals surface area contributed by atoms with Gasteiger partial charge in [0.25, 0.3) is 0 Å². The zero-order chi connectivity index (χ0) is 12.5. The molecule has 2 heterocycles. The van der Waals surface area contributed by atoms with Gasteiger partial charge >= 0.3 is 0 Å². The molecular weight excluding hydrogens is 226 g/mol. The van der Waals surface area contributed by atoms with Crippen LogP contribution in [-0.2, 0) is 11.2 Å². The van der Waals surface area contributed by atoms with Crippen molar-refractivity contribution in [1.82, 2.24) is 5.32 Å². The maximum absolute atomic E-state index is 5.80. The van der Waals surface area contributed by atoms with Crippen LogP contribution in [-0.4, -0.2) is 18.2 Å². The summed E-state index contributed by atoms with van der Waals surface area (Å²) >= 11 is 0. The van der Waals surface area contributed by atoms with E-state index in [1.165, 1.54) is 24.2 Å². The Kier molecular flexibility index (Phi) is 3.44. The van der Waals surface area contributed by atoms with Gasteiger partial charge in [-0.15, -0.1) is 0 Å². The van der Waals surface area contributed by atoms with Crippen LogP contribution in [0.4, 0.5) is 0 Å². The van der Waals surface area contributed by atoms with Crippen LogP contribution in [0.5, 0.6) is 0 Å². The molecule has 0 aromatic carbocycles. The normalized spacial score (nSPS) is 36.3. The zero-order valence-corrected chi connectivity index (χ0v) is 11.3. The second-order valence-electron chi connectivity index (χ2n) is 5.84. The lowest BCUT2D eigenvalue weighted by Crippen LogP contribution is -2.43. The van der Waals surface area contributed by atoms with Crippen molar-refractivity contribution in [2.24, 2.45) is 0 Å². The van der Waals surface area contributed by atoms with Crippen LogP contribution >= 0.6 is 0 Å². The largest absolute Gasteiger partial charge is 0.469 e. The summed E-state index contributed by atoms with van der Waals surface area (Å²) in [5.41, 5.74) is 1.38. The lowest BCUT2D eigenvalue weighted by Gasteiger charge is -2.36. The van der Waals surface area contributed by atoms with Gasteiger partial charge in [-0.05, 0) is 45.6 Å². The second-order valence-corrected chi connectivity index (χ2v) is 5.84. The first kappa shape index (κ1) is 12.2. The lowest BCUT2D eigenvalue weighted by molar-refractivity contribution is -0.0439. The predicted molar refractivity (Wildman–Crippen MR) is 70.6 cm³/mol. The average molecular weight is 249 g/mol. The third-order valence-corrected chi connectivity index (χ3v) is 4.19. The molecule has 0 amide bonds. The number of hydrogen-bond acceptors (Lipinski definition) is 3. The molecule has 3 nitrogen and oxygen atoms in total. The summed E-state index contributed by atoms with van der Waals surface area (Å²) in [5, 5.41) is 3.82. The van der Waals surface area contributed by atoms with Crippen molar-refractivity contribution >= 4 is 0 Å². The monoisotopic (exact) mass is 249 g/mol. The van der Waals surface area contributed by atoms with E-state index in [1.807, 2.05) is 6.26 Å². The Morgan fingerprint density at radius 2 is 2.00 bits per heavy atom. The Morgan fingerprint density at radius 1 is 1.22 bits per heavy atom. The van der Waals surface area contributed by atoms with Crippen LogP contribution in [0.15, 0.2) is 16.7 Å². The second kappa shape index (κ2) is 5.06. The summed E-state index contributed by atoms with van der Waals surface area (Å²) < 4.78 is 11.4. The van der Waals surface area contributed by atoms with Crippen LogP contribution in [0.1, 0.15) is 56.9 Å². The van der Waals surface area contributed by atoms with Crippen LogP contribution in [0, 0.1) is 0 Å². The molecule has 100 valence electrons. The Bertz CT molecular complexity index is 391. The predicted octanol–water partition coefficient (Wildman–Crippen LogP) is 3.20. The fourth-order valence-corrected chi connectivity index (χ4v) is 3.49. The van der Waals surface area contributed by atoms with Crippen molar-refractivity contribution in [2.45, 2.75) is 70.2 Å². The highest BCUT2D eigenvalue weighted by Gasteiger charge is 2.29. The van der Waals surface area contributed by atoms with E-state index in [0.717, 1.165) is 19.3 Å². The maximum atomic E-state index is 5.80. The Labute approximate surface area is 109 Å². The van der Waals surface area contributed by atoms with Crippen molar-refractivity contribution in [2.75, 3.05) is 0 Å². The van der Waals surface area contributed by atoms with E-state index in [0.29, 0.717) is 24.3 Å².